The van der Waals surface area contributed by atoms with Crippen molar-refractivity contribution in [1.29, 1.82) is 0 Å². The van der Waals surface area contributed by atoms with Gasteiger partial charge in [-0.05, 0) is 30.3 Å². The molecule has 1 amide bonds. The van der Waals surface area contributed by atoms with Gasteiger partial charge in [0.05, 0.1) is 35.6 Å². The number of ether oxygens (including phenoxy) is 1. The van der Waals surface area contributed by atoms with Gasteiger partial charge in [-0.25, -0.2) is 13.6 Å². The molecule has 0 heterocycles. The number of carbonyl (C=O) groups is 2. The van der Waals surface area contributed by atoms with Crippen LogP contribution in [0.4, 0.5) is 20.2 Å². The van der Waals surface area contributed by atoms with E-state index in [-0.39, 0.29) is 17.8 Å². The van der Waals surface area contributed by atoms with E-state index in [1.165, 1.54) is 25.3 Å². The van der Waals surface area contributed by atoms with Crippen LogP contribution in [0.15, 0.2) is 36.4 Å². The summed E-state index contributed by atoms with van der Waals surface area (Å²) >= 11 is 5.98. The molecule has 2 aromatic rings. The van der Waals surface area contributed by atoms with Crippen molar-refractivity contribution in [2.45, 2.75) is 0 Å². The molecule has 24 heavy (non-hydrogen) atoms. The van der Waals surface area contributed by atoms with Gasteiger partial charge in [-0.3, -0.25) is 4.79 Å². The molecule has 2 N–H and O–H groups in total. The fourth-order valence-corrected chi connectivity index (χ4v) is 2.05. The van der Waals surface area contributed by atoms with Gasteiger partial charge in [0.25, 0.3) is 0 Å². The van der Waals surface area contributed by atoms with Crippen LogP contribution in [0.1, 0.15) is 10.4 Å². The Kier molecular flexibility index (Phi) is 5.70. The van der Waals surface area contributed by atoms with E-state index in [0.717, 1.165) is 12.1 Å². The van der Waals surface area contributed by atoms with Crippen molar-refractivity contribution in [2.24, 2.45) is 0 Å². The number of benzene rings is 2. The van der Waals surface area contributed by atoms with Crippen molar-refractivity contribution in [3.05, 3.63) is 58.6 Å². The lowest BCUT2D eigenvalue weighted by atomic mass is 10.2. The summed E-state index contributed by atoms with van der Waals surface area (Å²) in [5.74, 6) is -2.74. The SMILES string of the molecule is COC(=O)c1ccc(Cl)c(NCC(=O)Nc2ccc(F)cc2F)c1. The molecule has 0 saturated heterocycles. The quantitative estimate of drug-likeness (QED) is 0.807. The van der Waals surface area contributed by atoms with E-state index >= 15 is 0 Å². The summed E-state index contributed by atoms with van der Waals surface area (Å²) in [4.78, 5) is 23.3. The second-order valence-electron chi connectivity index (χ2n) is 4.71. The maximum absolute atomic E-state index is 13.5. The summed E-state index contributed by atoms with van der Waals surface area (Å²) in [5.41, 5.74) is 0.460. The highest BCUT2D eigenvalue weighted by molar-refractivity contribution is 6.33. The van der Waals surface area contributed by atoms with Crippen LogP contribution in [0.25, 0.3) is 0 Å². The number of rotatable bonds is 5. The van der Waals surface area contributed by atoms with E-state index in [1.807, 2.05) is 0 Å². The normalized spacial score (nSPS) is 10.2. The topological polar surface area (TPSA) is 67.4 Å². The van der Waals surface area contributed by atoms with Crippen molar-refractivity contribution < 1.29 is 23.1 Å². The van der Waals surface area contributed by atoms with Crippen LogP contribution in [-0.2, 0) is 9.53 Å². The lowest BCUT2D eigenvalue weighted by Crippen LogP contribution is -2.22. The number of nitrogens with one attached hydrogen (secondary N) is 2. The standard InChI is InChI=1S/C16H13ClF2N2O3/c1-24-16(23)9-2-4-11(17)14(6-9)20-8-15(22)21-13-5-3-10(18)7-12(13)19/h2-7,20H,8H2,1H3,(H,21,22). The first-order chi connectivity index (χ1) is 11.4. The number of hydrogen-bond donors (Lipinski definition) is 2. The number of hydrogen-bond acceptors (Lipinski definition) is 4. The molecule has 2 aromatic carbocycles. The molecule has 0 fully saturated rings. The molecule has 0 unspecified atom stereocenters. The van der Waals surface area contributed by atoms with Crippen molar-refractivity contribution in [2.75, 3.05) is 24.3 Å². The Morgan fingerprint density at radius 2 is 1.88 bits per heavy atom. The van der Waals surface area contributed by atoms with Crippen LogP contribution in [0, 0.1) is 11.6 Å². The Bertz CT molecular complexity index is 784. The van der Waals surface area contributed by atoms with Gasteiger partial charge in [-0.15, -0.1) is 0 Å². The van der Waals surface area contributed by atoms with Crippen molar-refractivity contribution in [1.82, 2.24) is 0 Å². The molecule has 0 atom stereocenters. The van der Waals surface area contributed by atoms with Crippen LogP contribution < -0.4 is 10.6 Å². The Morgan fingerprint density at radius 1 is 1.12 bits per heavy atom. The van der Waals surface area contributed by atoms with E-state index in [1.54, 1.807) is 0 Å². The first kappa shape index (κ1) is 17.7. The summed E-state index contributed by atoms with van der Waals surface area (Å²) in [6.45, 7) is -0.235. The smallest absolute Gasteiger partial charge is 0.337 e. The first-order valence-electron chi connectivity index (χ1n) is 6.77. The van der Waals surface area contributed by atoms with Gasteiger partial charge in [0.1, 0.15) is 11.6 Å². The predicted octanol–water partition coefficient (Wildman–Crippen LogP) is 3.46. The fraction of sp³-hybridized carbons (Fsp3) is 0.125. The Hall–Kier alpha value is -2.67. The van der Waals surface area contributed by atoms with Crippen LogP contribution in [0.2, 0.25) is 5.02 Å². The minimum atomic E-state index is -0.880. The minimum absolute atomic E-state index is 0.141. The molecule has 0 saturated carbocycles. The minimum Gasteiger partial charge on any atom is -0.465 e. The van der Waals surface area contributed by atoms with Gasteiger partial charge in [0.15, 0.2) is 0 Å². The van der Waals surface area contributed by atoms with Gasteiger partial charge in [0.2, 0.25) is 5.91 Å². The molecule has 2 rings (SSSR count). The molecule has 126 valence electrons. The third-order valence-electron chi connectivity index (χ3n) is 3.03. The molecule has 0 aliphatic rings. The monoisotopic (exact) mass is 354 g/mol. The Labute approximate surface area is 141 Å². The second-order valence-corrected chi connectivity index (χ2v) is 5.12. The van der Waals surface area contributed by atoms with Crippen molar-refractivity contribution in [3.63, 3.8) is 0 Å². The molecule has 8 heteroatoms. The fourth-order valence-electron chi connectivity index (χ4n) is 1.87. The van der Waals surface area contributed by atoms with E-state index in [0.29, 0.717) is 16.8 Å². The molecule has 0 aliphatic heterocycles. The maximum atomic E-state index is 13.5. The average molecular weight is 355 g/mol. The van der Waals surface area contributed by atoms with Crippen molar-refractivity contribution >= 4 is 34.9 Å². The number of halogens is 3. The number of amides is 1. The molecule has 0 radical (unpaired) electrons. The highest BCUT2D eigenvalue weighted by Crippen LogP contribution is 2.23. The van der Waals surface area contributed by atoms with Gasteiger partial charge in [-0.1, -0.05) is 11.6 Å². The predicted molar refractivity (Wildman–Crippen MR) is 86.3 cm³/mol. The second kappa shape index (κ2) is 7.74. The van der Waals surface area contributed by atoms with Gasteiger partial charge < -0.3 is 15.4 Å². The zero-order valence-electron chi connectivity index (χ0n) is 12.5. The van der Waals surface area contributed by atoms with Crippen LogP contribution in [0.5, 0.6) is 0 Å². The van der Waals surface area contributed by atoms with E-state index in [4.69, 9.17) is 11.6 Å². The molecule has 0 aliphatic carbocycles. The zero-order chi connectivity index (χ0) is 17.7. The molecule has 0 aromatic heterocycles. The molecule has 5 nitrogen and oxygen atoms in total. The molecular weight excluding hydrogens is 342 g/mol. The highest BCUT2D eigenvalue weighted by Gasteiger charge is 2.11. The largest absolute Gasteiger partial charge is 0.465 e. The van der Waals surface area contributed by atoms with Gasteiger partial charge in [0, 0.05) is 6.07 Å². The van der Waals surface area contributed by atoms with Gasteiger partial charge in [-0.2, -0.15) is 0 Å². The van der Waals surface area contributed by atoms with Crippen LogP contribution in [0.3, 0.4) is 0 Å². The van der Waals surface area contributed by atoms with E-state index < -0.39 is 23.5 Å². The highest BCUT2D eigenvalue weighted by atomic mass is 35.5. The lowest BCUT2D eigenvalue weighted by Gasteiger charge is -2.11. The van der Waals surface area contributed by atoms with Gasteiger partial charge >= 0.3 is 5.97 Å². The maximum Gasteiger partial charge on any atom is 0.337 e. The summed E-state index contributed by atoms with van der Waals surface area (Å²) in [6.07, 6.45) is 0. The number of carbonyl (C=O) groups excluding carboxylic acids is 2. The number of esters is 1. The van der Waals surface area contributed by atoms with Crippen molar-refractivity contribution in [3.8, 4) is 0 Å². The number of methoxy groups -OCH3 is 1. The van der Waals surface area contributed by atoms with E-state index in [9.17, 15) is 18.4 Å². The molecule has 0 spiro atoms. The van der Waals surface area contributed by atoms with E-state index in [2.05, 4.69) is 15.4 Å². The summed E-state index contributed by atoms with van der Waals surface area (Å²) in [6, 6.07) is 7.21. The summed E-state index contributed by atoms with van der Waals surface area (Å²) < 4.78 is 30.9. The third kappa shape index (κ3) is 4.42. The van der Waals surface area contributed by atoms with Crippen LogP contribution in [-0.4, -0.2) is 25.5 Å². The number of anilines is 2. The van der Waals surface area contributed by atoms with Crippen LogP contribution >= 0.6 is 11.6 Å². The average Bonchev–Trinajstić information content (AvgIpc) is 2.56. The lowest BCUT2D eigenvalue weighted by molar-refractivity contribution is -0.114. The Morgan fingerprint density at radius 3 is 2.54 bits per heavy atom. The molecule has 0 bridgehead atoms. The first-order valence-corrected chi connectivity index (χ1v) is 7.15. The Balaban J connectivity index is 2.02. The third-order valence-corrected chi connectivity index (χ3v) is 3.36. The summed E-state index contributed by atoms with van der Waals surface area (Å²) in [5, 5.41) is 5.33. The molecular formula is C16H13ClF2N2O3. The summed E-state index contributed by atoms with van der Waals surface area (Å²) in [7, 11) is 1.24. The zero-order valence-corrected chi connectivity index (χ0v) is 13.3.